The van der Waals surface area contributed by atoms with Gasteiger partial charge in [0.15, 0.2) is 11.5 Å². The number of rotatable bonds is 8. The summed E-state index contributed by atoms with van der Waals surface area (Å²) >= 11 is 0. The summed E-state index contributed by atoms with van der Waals surface area (Å²) in [4.78, 5) is 0. The number of aliphatic hydroxyl groups is 1. The van der Waals surface area contributed by atoms with E-state index in [4.69, 9.17) is 14.6 Å². The van der Waals surface area contributed by atoms with Gasteiger partial charge in [0.25, 0.3) is 0 Å². The van der Waals surface area contributed by atoms with Crippen molar-refractivity contribution in [1.82, 2.24) is 5.32 Å². The van der Waals surface area contributed by atoms with E-state index in [2.05, 4.69) is 24.4 Å². The third-order valence-corrected chi connectivity index (χ3v) is 3.32. The molecule has 0 aromatic heterocycles. The predicted molar refractivity (Wildman–Crippen MR) is 87.3 cm³/mol. The molecule has 2 aromatic carbocycles. The van der Waals surface area contributed by atoms with Gasteiger partial charge in [0.05, 0.1) is 13.7 Å². The SMILES string of the molecule is COc1ccc(CNCCO)cc1OCc1cccc(C)c1. The van der Waals surface area contributed by atoms with Gasteiger partial charge < -0.3 is 19.9 Å². The van der Waals surface area contributed by atoms with E-state index in [0.29, 0.717) is 19.7 Å². The Hall–Kier alpha value is -2.04. The van der Waals surface area contributed by atoms with E-state index < -0.39 is 0 Å². The zero-order chi connectivity index (χ0) is 15.8. The fraction of sp³-hybridized carbons (Fsp3) is 0.333. The van der Waals surface area contributed by atoms with Crippen molar-refractivity contribution in [3.8, 4) is 11.5 Å². The van der Waals surface area contributed by atoms with Crippen LogP contribution in [0, 0.1) is 6.92 Å². The normalized spacial score (nSPS) is 10.5. The van der Waals surface area contributed by atoms with Crippen molar-refractivity contribution in [2.24, 2.45) is 0 Å². The molecule has 2 N–H and O–H groups in total. The van der Waals surface area contributed by atoms with Gasteiger partial charge in [-0.25, -0.2) is 0 Å². The summed E-state index contributed by atoms with van der Waals surface area (Å²) in [6.07, 6.45) is 0. The lowest BCUT2D eigenvalue weighted by molar-refractivity contribution is 0.283. The number of ether oxygens (including phenoxy) is 2. The van der Waals surface area contributed by atoms with Gasteiger partial charge in [-0.15, -0.1) is 0 Å². The summed E-state index contributed by atoms with van der Waals surface area (Å²) in [7, 11) is 1.64. The molecule has 0 saturated heterocycles. The standard InChI is InChI=1S/C18H23NO3/c1-14-4-3-5-16(10-14)13-22-18-11-15(12-19-8-9-20)6-7-17(18)21-2/h3-7,10-11,19-20H,8-9,12-13H2,1-2H3. The molecule has 2 rings (SSSR count). The maximum absolute atomic E-state index is 8.81. The zero-order valence-corrected chi connectivity index (χ0v) is 13.1. The molecule has 2 aromatic rings. The first-order chi connectivity index (χ1) is 10.7. The lowest BCUT2D eigenvalue weighted by Crippen LogP contribution is -2.17. The quantitative estimate of drug-likeness (QED) is 0.736. The maximum Gasteiger partial charge on any atom is 0.161 e. The van der Waals surface area contributed by atoms with E-state index in [9.17, 15) is 0 Å². The third-order valence-electron chi connectivity index (χ3n) is 3.32. The van der Waals surface area contributed by atoms with Crippen LogP contribution in [0.1, 0.15) is 16.7 Å². The van der Waals surface area contributed by atoms with Crippen molar-refractivity contribution in [2.75, 3.05) is 20.3 Å². The highest BCUT2D eigenvalue weighted by atomic mass is 16.5. The largest absolute Gasteiger partial charge is 0.493 e. The summed E-state index contributed by atoms with van der Waals surface area (Å²) in [6.45, 7) is 3.97. The molecule has 0 spiro atoms. The second kappa shape index (κ2) is 8.41. The van der Waals surface area contributed by atoms with Crippen molar-refractivity contribution in [3.63, 3.8) is 0 Å². The summed E-state index contributed by atoms with van der Waals surface area (Å²) in [6, 6.07) is 14.1. The molecule has 118 valence electrons. The fourth-order valence-electron chi connectivity index (χ4n) is 2.22. The molecule has 0 unspecified atom stereocenters. The predicted octanol–water partition coefficient (Wildman–Crippen LogP) is 2.66. The van der Waals surface area contributed by atoms with E-state index >= 15 is 0 Å². The minimum Gasteiger partial charge on any atom is -0.493 e. The Bertz CT molecular complexity index is 599. The summed E-state index contributed by atoms with van der Waals surface area (Å²) in [5.41, 5.74) is 3.44. The van der Waals surface area contributed by atoms with Crippen LogP contribution in [0.25, 0.3) is 0 Å². The van der Waals surface area contributed by atoms with E-state index in [1.165, 1.54) is 5.56 Å². The molecule has 0 saturated carbocycles. The number of aliphatic hydroxyl groups excluding tert-OH is 1. The minimum atomic E-state index is 0.132. The number of nitrogens with one attached hydrogen (secondary N) is 1. The van der Waals surface area contributed by atoms with Crippen LogP contribution in [-0.4, -0.2) is 25.4 Å². The smallest absolute Gasteiger partial charge is 0.161 e. The molecule has 0 bridgehead atoms. The van der Waals surface area contributed by atoms with Crippen molar-refractivity contribution in [3.05, 3.63) is 59.2 Å². The summed E-state index contributed by atoms with van der Waals surface area (Å²) < 4.78 is 11.3. The van der Waals surface area contributed by atoms with E-state index in [1.807, 2.05) is 30.3 Å². The van der Waals surface area contributed by atoms with Crippen LogP contribution in [0.15, 0.2) is 42.5 Å². The Morgan fingerprint density at radius 3 is 2.64 bits per heavy atom. The highest BCUT2D eigenvalue weighted by Gasteiger charge is 2.06. The second-order valence-electron chi connectivity index (χ2n) is 5.16. The molecule has 0 aliphatic carbocycles. The maximum atomic E-state index is 8.81. The first-order valence-corrected chi connectivity index (χ1v) is 7.40. The van der Waals surface area contributed by atoms with Crippen LogP contribution >= 0.6 is 0 Å². The van der Waals surface area contributed by atoms with E-state index in [-0.39, 0.29) is 6.61 Å². The van der Waals surface area contributed by atoms with Gasteiger partial charge in [0, 0.05) is 13.1 Å². The first-order valence-electron chi connectivity index (χ1n) is 7.40. The summed E-state index contributed by atoms with van der Waals surface area (Å²) in [5.74, 6) is 1.45. The molecule has 0 aliphatic heterocycles. The Morgan fingerprint density at radius 2 is 1.91 bits per heavy atom. The van der Waals surface area contributed by atoms with Crippen molar-refractivity contribution in [2.45, 2.75) is 20.1 Å². The van der Waals surface area contributed by atoms with Crippen molar-refractivity contribution < 1.29 is 14.6 Å². The number of hydrogen-bond donors (Lipinski definition) is 2. The highest BCUT2D eigenvalue weighted by molar-refractivity contribution is 5.43. The first kappa shape index (κ1) is 16.3. The van der Waals surface area contributed by atoms with Gasteiger partial charge >= 0.3 is 0 Å². The number of aryl methyl sites for hydroxylation is 1. The number of methoxy groups -OCH3 is 1. The molecular formula is C18H23NO3. The van der Waals surface area contributed by atoms with Crippen molar-refractivity contribution in [1.29, 1.82) is 0 Å². The van der Waals surface area contributed by atoms with Gasteiger partial charge in [-0.3, -0.25) is 0 Å². The Labute approximate surface area is 131 Å². The molecule has 0 fully saturated rings. The molecule has 22 heavy (non-hydrogen) atoms. The third kappa shape index (κ3) is 4.76. The second-order valence-corrected chi connectivity index (χ2v) is 5.16. The fourth-order valence-corrected chi connectivity index (χ4v) is 2.22. The average molecular weight is 301 g/mol. The Kier molecular flexibility index (Phi) is 6.25. The number of hydrogen-bond acceptors (Lipinski definition) is 4. The van der Waals surface area contributed by atoms with Crippen LogP contribution < -0.4 is 14.8 Å². The topological polar surface area (TPSA) is 50.7 Å². The Morgan fingerprint density at radius 1 is 1.05 bits per heavy atom. The molecule has 0 radical (unpaired) electrons. The average Bonchev–Trinajstić information content (AvgIpc) is 2.53. The van der Waals surface area contributed by atoms with Crippen molar-refractivity contribution >= 4 is 0 Å². The lowest BCUT2D eigenvalue weighted by atomic mass is 10.1. The number of benzene rings is 2. The minimum absolute atomic E-state index is 0.132. The summed E-state index contributed by atoms with van der Waals surface area (Å²) in [5, 5.41) is 12.0. The molecule has 4 heteroatoms. The molecular weight excluding hydrogens is 278 g/mol. The molecule has 0 atom stereocenters. The molecule has 0 amide bonds. The monoisotopic (exact) mass is 301 g/mol. The van der Waals surface area contributed by atoms with Gasteiger partial charge in [0.1, 0.15) is 6.61 Å². The molecule has 4 nitrogen and oxygen atoms in total. The molecule has 0 aliphatic rings. The van der Waals surface area contributed by atoms with Gasteiger partial charge in [-0.05, 0) is 30.2 Å². The van der Waals surface area contributed by atoms with Crippen LogP contribution in [0.3, 0.4) is 0 Å². The lowest BCUT2D eigenvalue weighted by Gasteiger charge is -2.13. The van der Waals surface area contributed by atoms with Crippen LogP contribution in [-0.2, 0) is 13.2 Å². The van der Waals surface area contributed by atoms with Crippen LogP contribution in [0.5, 0.6) is 11.5 Å². The van der Waals surface area contributed by atoms with Crippen LogP contribution in [0.4, 0.5) is 0 Å². The Balaban J connectivity index is 2.05. The van der Waals surface area contributed by atoms with Gasteiger partial charge in [-0.2, -0.15) is 0 Å². The highest BCUT2D eigenvalue weighted by Crippen LogP contribution is 2.29. The zero-order valence-electron chi connectivity index (χ0n) is 13.1. The van der Waals surface area contributed by atoms with Gasteiger partial charge in [0.2, 0.25) is 0 Å². The van der Waals surface area contributed by atoms with Gasteiger partial charge in [-0.1, -0.05) is 35.9 Å². The molecule has 0 heterocycles. The van der Waals surface area contributed by atoms with E-state index in [1.54, 1.807) is 7.11 Å². The van der Waals surface area contributed by atoms with E-state index in [0.717, 1.165) is 22.6 Å². The van der Waals surface area contributed by atoms with Crippen LogP contribution in [0.2, 0.25) is 0 Å².